The van der Waals surface area contributed by atoms with Crippen LogP contribution in [0.3, 0.4) is 0 Å². The van der Waals surface area contributed by atoms with E-state index in [4.69, 9.17) is 9.47 Å². The van der Waals surface area contributed by atoms with Gasteiger partial charge in [-0.05, 0) is 117 Å². The van der Waals surface area contributed by atoms with Gasteiger partial charge in [-0.3, -0.25) is 0 Å². The Balaban J connectivity index is 1.05. The summed E-state index contributed by atoms with van der Waals surface area (Å²) in [7, 11) is 0. The van der Waals surface area contributed by atoms with Crippen molar-refractivity contribution < 1.29 is 9.47 Å². The average Bonchev–Trinajstić information content (AvgIpc) is 3.93. The molecule has 0 unspecified atom stereocenters. The monoisotopic (exact) mass is 785 g/mol. The lowest BCUT2D eigenvalue weighted by Gasteiger charge is -2.31. The summed E-state index contributed by atoms with van der Waals surface area (Å²) < 4.78 is 16.9. The molecule has 0 amide bonds. The molecule has 0 saturated heterocycles. The first-order valence-electron chi connectivity index (χ1n) is 20.5. The van der Waals surface area contributed by atoms with Crippen LogP contribution in [0.2, 0.25) is 0 Å². The van der Waals surface area contributed by atoms with Gasteiger partial charge >= 0.3 is 0 Å². The first-order valence-corrected chi connectivity index (χ1v) is 21.3. The maximum absolute atomic E-state index is 7.34. The van der Waals surface area contributed by atoms with Crippen molar-refractivity contribution in [2.45, 2.75) is 12.3 Å². The van der Waals surface area contributed by atoms with Crippen molar-refractivity contribution >= 4 is 42.9 Å². The van der Waals surface area contributed by atoms with Gasteiger partial charge in [0.25, 0.3) is 0 Å². The SMILES string of the molecule is Cc1ccccc1-c1cc(-c2cc(Nc3ccccc3)c3c(c2)Oc2c(ccc4c2-c2ccccc2C42c4ccccc4-c4ccccc42)O3)c2sc3ccccc3c2c1. The van der Waals surface area contributed by atoms with Crippen molar-refractivity contribution in [2.24, 2.45) is 0 Å². The van der Waals surface area contributed by atoms with Gasteiger partial charge in [-0.25, -0.2) is 0 Å². The number of hydrogen-bond acceptors (Lipinski definition) is 4. The van der Waals surface area contributed by atoms with Crippen LogP contribution in [0.4, 0.5) is 11.4 Å². The Bertz CT molecular complexity index is 3390. The molecule has 1 N–H and O–H groups in total. The molecular formula is C56H35NO2S. The summed E-state index contributed by atoms with van der Waals surface area (Å²) in [6.07, 6.45) is 0. The van der Waals surface area contributed by atoms with E-state index in [-0.39, 0.29) is 0 Å². The number of para-hydroxylation sites is 1. The van der Waals surface area contributed by atoms with E-state index in [1.54, 1.807) is 0 Å². The molecule has 0 bridgehead atoms. The van der Waals surface area contributed by atoms with Crippen LogP contribution in [-0.2, 0) is 5.41 Å². The highest BCUT2D eigenvalue weighted by Crippen LogP contribution is 2.66. The van der Waals surface area contributed by atoms with Gasteiger partial charge in [-0.1, -0.05) is 140 Å². The van der Waals surface area contributed by atoms with Gasteiger partial charge in [-0.15, -0.1) is 11.3 Å². The van der Waals surface area contributed by atoms with Crippen molar-refractivity contribution in [1.29, 1.82) is 0 Å². The molecule has 13 rings (SSSR count). The third kappa shape index (κ3) is 4.59. The van der Waals surface area contributed by atoms with Crippen LogP contribution in [0.15, 0.2) is 188 Å². The van der Waals surface area contributed by atoms with E-state index in [1.807, 2.05) is 29.5 Å². The van der Waals surface area contributed by atoms with Crippen LogP contribution in [0, 0.1) is 6.92 Å². The summed E-state index contributed by atoms with van der Waals surface area (Å²) in [5, 5.41) is 6.25. The summed E-state index contributed by atoms with van der Waals surface area (Å²) in [6.45, 7) is 2.19. The zero-order valence-electron chi connectivity index (χ0n) is 32.6. The van der Waals surface area contributed by atoms with E-state index in [9.17, 15) is 0 Å². The molecule has 1 aromatic heterocycles. The molecule has 2 aliphatic carbocycles. The highest BCUT2D eigenvalue weighted by Gasteiger charge is 2.53. The summed E-state index contributed by atoms with van der Waals surface area (Å²) in [5.74, 6) is 2.78. The Morgan fingerprint density at radius 1 is 0.450 bits per heavy atom. The van der Waals surface area contributed by atoms with Gasteiger partial charge in [0.2, 0.25) is 0 Å². The molecule has 1 spiro atoms. The average molecular weight is 786 g/mol. The van der Waals surface area contributed by atoms with Crippen LogP contribution in [0.5, 0.6) is 23.0 Å². The first-order chi connectivity index (χ1) is 29.6. The lowest BCUT2D eigenvalue weighted by Crippen LogP contribution is -2.25. The molecule has 4 heteroatoms. The second kappa shape index (κ2) is 12.6. The van der Waals surface area contributed by atoms with Crippen molar-refractivity contribution in [3.8, 4) is 67.5 Å². The molecule has 0 atom stereocenters. The molecule has 3 aliphatic rings. The predicted octanol–water partition coefficient (Wildman–Crippen LogP) is 15.7. The van der Waals surface area contributed by atoms with Crippen molar-refractivity contribution in [1.82, 2.24) is 0 Å². The van der Waals surface area contributed by atoms with Crippen LogP contribution in [-0.4, -0.2) is 0 Å². The van der Waals surface area contributed by atoms with Crippen molar-refractivity contribution in [3.63, 3.8) is 0 Å². The molecule has 0 fully saturated rings. The molecule has 282 valence electrons. The smallest absolute Gasteiger partial charge is 0.193 e. The van der Waals surface area contributed by atoms with E-state index in [1.165, 1.54) is 75.8 Å². The van der Waals surface area contributed by atoms with E-state index in [0.29, 0.717) is 17.2 Å². The summed E-state index contributed by atoms with van der Waals surface area (Å²) in [5.41, 5.74) is 17.1. The van der Waals surface area contributed by atoms with E-state index >= 15 is 0 Å². The van der Waals surface area contributed by atoms with Gasteiger partial charge < -0.3 is 14.8 Å². The number of nitrogens with one attached hydrogen (secondary N) is 1. The summed E-state index contributed by atoms with van der Waals surface area (Å²) in [4.78, 5) is 0. The Kier molecular flexibility index (Phi) is 7.02. The molecule has 60 heavy (non-hydrogen) atoms. The number of ether oxygens (including phenoxy) is 2. The number of hydrogen-bond donors (Lipinski definition) is 1. The predicted molar refractivity (Wildman–Crippen MR) is 248 cm³/mol. The lowest BCUT2D eigenvalue weighted by atomic mass is 9.70. The van der Waals surface area contributed by atoms with Crippen molar-refractivity contribution in [2.75, 3.05) is 5.32 Å². The maximum Gasteiger partial charge on any atom is 0.193 e. The van der Waals surface area contributed by atoms with Crippen LogP contribution >= 0.6 is 11.3 Å². The Morgan fingerprint density at radius 3 is 1.83 bits per heavy atom. The zero-order chi connectivity index (χ0) is 39.5. The largest absolute Gasteiger partial charge is 0.449 e. The maximum atomic E-state index is 7.34. The molecule has 0 radical (unpaired) electrons. The molecule has 3 nitrogen and oxygen atoms in total. The van der Waals surface area contributed by atoms with Crippen LogP contribution in [0.25, 0.3) is 64.7 Å². The Hall–Kier alpha value is -7.40. The number of anilines is 2. The lowest BCUT2D eigenvalue weighted by molar-refractivity contribution is 0.362. The standard InChI is InChI=1S/C56H35NO2S/c1-33-15-5-6-18-37(33)34-29-42(55-43(30-34)40-21-10-14-26-51(40)60-55)35-31-48(57-36-16-3-2-4-17-36)53-50(32-35)59-54-49(58-53)28-27-47-52(54)41-22-9-13-25-46(41)56(47)44-23-11-7-19-38(44)39-20-8-12-24-45(39)56/h2-32,57H,1H3. The van der Waals surface area contributed by atoms with Crippen molar-refractivity contribution in [3.05, 3.63) is 216 Å². The molecule has 2 heterocycles. The fourth-order valence-corrected chi connectivity index (χ4v) is 11.6. The van der Waals surface area contributed by atoms with E-state index in [0.717, 1.165) is 33.8 Å². The molecule has 1 aliphatic heterocycles. The number of benzene rings is 9. The number of aryl methyl sites for hydroxylation is 1. The zero-order valence-corrected chi connectivity index (χ0v) is 33.4. The second-order valence-electron chi connectivity index (χ2n) is 16.1. The number of fused-ring (bicyclic) bond motifs is 16. The molecule has 0 saturated carbocycles. The van der Waals surface area contributed by atoms with Gasteiger partial charge in [-0.2, -0.15) is 0 Å². The van der Waals surface area contributed by atoms with Crippen LogP contribution in [0.1, 0.15) is 27.8 Å². The Labute approximate surface area is 351 Å². The summed E-state index contributed by atoms with van der Waals surface area (Å²) >= 11 is 1.84. The van der Waals surface area contributed by atoms with Gasteiger partial charge in [0.05, 0.1) is 11.1 Å². The highest BCUT2D eigenvalue weighted by atomic mass is 32.1. The van der Waals surface area contributed by atoms with Gasteiger partial charge in [0.15, 0.2) is 23.0 Å². The fraction of sp³-hybridized carbons (Fsp3) is 0.0357. The van der Waals surface area contributed by atoms with E-state index in [2.05, 4.69) is 182 Å². The minimum atomic E-state index is -0.484. The third-order valence-corrected chi connectivity index (χ3v) is 14.1. The van der Waals surface area contributed by atoms with E-state index < -0.39 is 5.41 Å². The van der Waals surface area contributed by atoms with Gasteiger partial charge in [0, 0.05) is 37.0 Å². The number of rotatable bonds is 4. The second-order valence-corrected chi connectivity index (χ2v) is 17.1. The quantitative estimate of drug-likeness (QED) is 0.193. The first kappa shape index (κ1) is 33.6. The normalized spacial score (nSPS) is 13.5. The minimum absolute atomic E-state index is 0.484. The highest BCUT2D eigenvalue weighted by molar-refractivity contribution is 7.26. The van der Waals surface area contributed by atoms with Crippen LogP contribution < -0.4 is 14.8 Å². The fourth-order valence-electron chi connectivity index (χ4n) is 10.3. The third-order valence-electron chi connectivity index (χ3n) is 12.9. The number of thiophene rings is 1. The van der Waals surface area contributed by atoms with Gasteiger partial charge in [0.1, 0.15) is 0 Å². The molecular weight excluding hydrogens is 751 g/mol. The molecule has 9 aromatic carbocycles. The topological polar surface area (TPSA) is 30.5 Å². The molecule has 10 aromatic rings. The Morgan fingerprint density at radius 2 is 1.07 bits per heavy atom. The minimum Gasteiger partial charge on any atom is -0.449 e. The summed E-state index contributed by atoms with van der Waals surface area (Å²) in [6, 6.07) is 67.9.